The lowest BCUT2D eigenvalue weighted by Gasteiger charge is -2.21. The lowest BCUT2D eigenvalue weighted by atomic mass is 9.96. The van der Waals surface area contributed by atoms with Crippen LogP contribution in [0.2, 0.25) is 0 Å². The number of thioether (sulfide) groups is 1. The van der Waals surface area contributed by atoms with Crippen LogP contribution in [0.5, 0.6) is 0 Å². The molecule has 0 atom stereocenters. The number of carbonyl (C=O) groups excluding carboxylic acids is 1. The Balaban J connectivity index is 1.42. The number of aromatic nitrogens is 4. The molecule has 2 fully saturated rings. The zero-order chi connectivity index (χ0) is 19.7. The van der Waals surface area contributed by atoms with E-state index in [9.17, 15) is 14.4 Å². The highest BCUT2D eigenvalue weighted by Crippen LogP contribution is 2.35. The molecule has 0 spiro atoms. The van der Waals surface area contributed by atoms with Gasteiger partial charge in [-0.2, -0.15) is 0 Å². The van der Waals surface area contributed by atoms with E-state index >= 15 is 0 Å². The van der Waals surface area contributed by atoms with Gasteiger partial charge in [0.1, 0.15) is 11.4 Å². The lowest BCUT2D eigenvalue weighted by molar-refractivity contribution is 0.102. The molecule has 11 heteroatoms. The Morgan fingerprint density at radius 1 is 1.21 bits per heavy atom. The van der Waals surface area contributed by atoms with Crippen molar-refractivity contribution < 1.29 is 4.79 Å². The van der Waals surface area contributed by atoms with E-state index in [4.69, 9.17) is 5.73 Å². The van der Waals surface area contributed by atoms with Gasteiger partial charge in [-0.15, -0.1) is 10.2 Å². The van der Waals surface area contributed by atoms with Crippen molar-refractivity contribution in [2.24, 2.45) is 0 Å². The van der Waals surface area contributed by atoms with Crippen molar-refractivity contribution in [2.75, 3.05) is 16.8 Å². The summed E-state index contributed by atoms with van der Waals surface area (Å²) < 4.78 is 1.97. The average molecular weight is 423 g/mol. The molecule has 0 amide bonds. The predicted octanol–water partition coefficient (Wildman–Crippen LogP) is 2.02. The van der Waals surface area contributed by atoms with Crippen LogP contribution in [-0.4, -0.2) is 37.3 Å². The van der Waals surface area contributed by atoms with E-state index in [1.165, 1.54) is 46.9 Å². The lowest BCUT2D eigenvalue weighted by Crippen LogP contribution is -2.36. The number of carbonyl (C=O) groups is 1. The molecule has 0 unspecified atom stereocenters. The Labute approximate surface area is 169 Å². The van der Waals surface area contributed by atoms with Gasteiger partial charge in [0.2, 0.25) is 5.13 Å². The van der Waals surface area contributed by atoms with Gasteiger partial charge in [0, 0.05) is 12.1 Å². The van der Waals surface area contributed by atoms with Gasteiger partial charge in [-0.3, -0.25) is 19.1 Å². The number of aromatic amines is 1. The van der Waals surface area contributed by atoms with Crippen LogP contribution in [0.25, 0.3) is 0 Å². The standard InChI is InChI=1S/C17H22N6O3S2/c18-13-12(14(25)20-16(26)23(13)10-6-7-10)11(24)8-27-17-22-21-15(28-17)19-9-4-2-1-3-5-9/h9-10H,1-8,18H2,(H,19,21)(H,20,25,26). The van der Waals surface area contributed by atoms with Gasteiger partial charge in [-0.05, 0) is 25.7 Å². The van der Waals surface area contributed by atoms with E-state index in [-0.39, 0.29) is 23.2 Å². The molecule has 0 radical (unpaired) electrons. The molecule has 4 N–H and O–H groups in total. The minimum absolute atomic E-state index is 0.00815. The molecule has 0 aliphatic heterocycles. The van der Waals surface area contributed by atoms with Crippen molar-refractivity contribution in [1.29, 1.82) is 0 Å². The topological polar surface area (TPSA) is 136 Å². The molecule has 0 bridgehead atoms. The normalized spacial score (nSPS) is 17.6. The van der Waals surface area contributed by atoms with E-state index in [1.807, 2.05) is 0 Å². The third kappa shape index (κ3) is 4.14. The average Bonchev–Trinajstić information content (AvgIpc) is 3.39. The van der Waals surface area contributed by atoms with Crippen LogP contribution >= 0.6 is 23.1 Å². The third-order valence-electron chi connectivity index (χ3n) is 5.04. The molecule has 0 aromatic carbocycles. The Morgan fingerprint density at radius 2 is 1.96 bits per heavy atom. The Kier molecular flexibility index (Phi) is 5.54. The number of nitrogens with zero attached hydrogens (tertiary/aromatic N) is 3. The summed E-state index contributed by atoms with van der Waals surface area (Å²) in [6.45, 7) is 0. The monoisotopic (exact) mass is 422 g/mol. The fraction of sp³-hybridized carbons (Fsp3) is 0.588. The van der Waals surface area contributed by atoms with Crippen molar-refractivity contribution in [3.8, 4) is 0 Å². The highest BCUT2D eigenvalue weighted by Gasteiger charge is 2.30. The minimum Gasteiger partial charge on any atom is -0.384 e. The van der Waals surface area contributed by atoms with Crippen molar-refractivity contribution >= 4 is 39.8 Å². The highest BCUT2D eigenvalue weighted by atomic mass is 32.2. The number of H-pyrrole nitrogens is 1. The predicted molar refractivity (Wildman–Crippen MR) is 109 cm³/mol. The summed E-state index contributed by atoms with van der Waals surface area (Å²) in [6.07, 6.45) is 7.66. The van der Waals surface area contributed by atoms with E-state index in [0.717, 1.165) is 30.8 Å². The molecular weight excluding hydrogens is 400 g/mol. The summed E-state index contributed by atoms with van der Waals surface area (Å²) >= 11 is 2.61. The van der Waals surface area contributed by atoms with Crippen LogP contribution in [-0.2, 0) is 0 Å². The molecule has 150 valence electrons. The Morgan fingerprint density at radius 3 is 2.68 bits per heavy atom. The van der Waals surface area contributed by atoms with Crippen molar-refractivity contribution in [2.45, 2.75) is 61.4 Å². The molecule has 2 heterocycles. The number of anilines is 2. The first-order valence-corrected chi connectivity index (χ1v) is 11.2. The van der Waals surface area contributed by atoms with Gasteiger partial charge in [0.25, 0.3) is 5.56 Å². The zero-order valence-electron chi connectivity index (χ0n) is 15.3. The second kappa shape index (κ2) is 8.08. The fourth-order valence-corrected chi connectivity index (χ4v) is 5.18. The number of nitrogens with two attached hydrogens (primary N) is 1. The minimum atomic E-state index is -0.734. The summed E-state index contributed by atoms with van der Waals surface area (Å²) in [5.41, 5.74) is 4.54. The second-order valence-corrected chi connectivity index (χ2v) is 9.38. The van der Waals surface area contributed by atoms with Crippen molar-refractivity contribution in [3.63, 3.8) is 0 Å². The van der Waals surface area contributed by atoms with Crippen LogP contribution in [0, 0.1) is 0 Å². The maximum Gasteiger partial charge on any atom is 0.330 e. The molecule has 4 rings (SSSR count). The van der Waals surface area contributed by atoms with Crippen molar-refractivity contribution in [3.05, 3.63) is 26.4 Å². The SMILES string of the molecule is Nc1c(C(=O)CSc2nnc(NC3CCCCC3)s2)c(=O)[nH]c(=O)n1C1CC1. The first-order chi connectivity index (χ1) is 13.5. The number of Topliss-reactive ketones (excluding diaryl/α,β-unsaturated/α-hetero) is 1. The molecular formula is C17H22N6O3S2. The van der Waals surface area contributed by atoms with Crippen LogP contribution < -0.4 is 22.3 Å². The van der Waals surface area contributed by atoms with Gasteiger partial charge < -0.3 is 11.1 Å². The summed E-state index contributed by atoms with van der Waals surface area (Å²) in [7, 11) is 0. The zero-order valence-corrected chi connectivity index (χ0v) is 16.9. The number of ketones is 1. The summed E-state index contributed by atoms with van der Waals surface area (Å²) in [5, 5.41) is 12.4. The Bertz CT molecular complexity index is 988. The fourth-order valence-electron chi connectivity index (χ4n) is 3.48. The quantitative estimate of drug-likeness (QED) is 0.455. The number of rotatable bonds is 7. The molecule has 28 heavy (non-hydrogen) atoms. The molecule has 2 aliphatic rings. The second-order valence-electron chi connectivity index (χ2n) is 7.18. The number of hydrogen-bond donors (Lipinski definition) is 3. The molecule has 2 aromatic rings. The molecule has 2 saturated carbocycles. The first kappa shape index (κ1) is 19.2. The smallest absolute Gasteiger partial charge is 0.330 e. The van der Waals surface area contributed by atoms with Gasteiger partial charge in [-0.25, -0.2) is 4.79 Å². The van der Waals surface area contributed by atoms with Crippen LogP contribution in [0.1, 0.15) is 61.3 Å². The number of hydrogen-bond acceptors (Lipinski definition) is 9. The molecule has 0 saturated heterocycles. The van der Waals surface area contributed by atoms with E-state index < -0.39 is 17.0 Å². The first-order valence-electron chi connectivity index (χ1n) is 9.43. The van der Waals surface area contributed by atoms with Gasteiger partial charge in [0.15, 0.2) is 10.1 Å². The molecule has 9 nitrogen and oxygen atoms in total. The van der Waals surface area contributed by atoms with Gasteiger partial charge >= 0.3 is 5.69 Å². The van der Waals surface area contributed by atoms with Crippen LogP contribution in [0.3, 0.4) is 0 Å². The summed E-state index contributed by atoms with van der Waals surface area (Å²) in [6, 6.07) is 0.406. The molecule has 2 aromatic heterocycles. The summed E-state index contributed by atoms with van der Waals surface area (Å²) in [5.74, 6) is -0.456. The maximum absolute atomic E-state index is 12.6. The van der Waals surface area contributed by atoms with E-state index in [0.29, 0.717) is 10.4 Å². The van der Waals surface area contributed by atoms with E-state index in [2.05, 4.69) is 20.5 Å². The van der Waals surface area contributed by atoms with Crippen molar-refractivity contribution in [1.82, 2.24) is 19.7 Å². The largest absolute Gasteiger partial charge is 0.384 e. The number of nitrogen functional groups attached to an aromatic ring is 1. The summed E-state index contributed by atoms with van der Waals surface area (Å²) in [4.78, 5) is 38.9. The van der Waals surface area contributed by atoms with E-state index in [1.54, 1.807) is 0 Å². The van der Waals surface area contributed by atoms with Gasteiger partial charge in [0.05, 0.1) is 5.75 Å². The Hall–Kier alpha value is -2.14. The number of nitrogens with one attached hydrogen (secondary N) is 2. The third-order valence-corrected chi connectivity index (χ3v) is 7.03. The van der Waals surface area contributed by atoms with Crippen LogP contribution in [0.4, 0.5) is 10.9 Å². The molecule has 2 aliphatic carbocycles. The maximum atomic E-state index is 12.6. The highest BCUT2D eigenvalue weighted by molar-refractivity contribution is 8.01. The van der Waals surface area contributed by atoms with Gasteiger partial charge in [-0.1, -0.05) is 42.4 Å². The van der Waals surface area contributed by atoms with Crippen LogP contribution in [0.15, 0.2) is 13.9 Å².